The van der Waals surface area contributed by atoms with Crippen molar-refractivity contribution in [1.29, 1.82) is 0 Å². The van der Waals surface area contributed by atoms with E-state index < -0.39 is 0 Å². The van der Waals surface area contributed by atoms with E-state index in [1.807, 2.05) is 0 Å². The summed E-state index contributed by atoms with van der Waals surface area (Å²) in [5.41, 5.74) is 1.45. The average Bonchev–Trinajstić information content (AvgIpc) is 3.09. The lowest BCUT2D eigenvalue weighted by Crippen LogP contribution is -2.57. The van der Waals surface area contributed by atoms with Gasteiger partial charge >= 0.3 is 0 Å². The van der Waals surface area contributed by atoms with Crippen molar-refractivity contribution in [3.8, 4) is 0 Å². The second kappa shape index (κ2) is 6.21. The van der Waals surface area contributed by atoms with Crippen LogP contribution in [0.25, 0.3) is 0 Å². The zero-order valence-corrected chi connectivity index (χ0v) is 12.6. The van der Waals surface area contributed by atoms with Crippen LogP contribution in [0.4, 0.5) is 0 Å². The van der Waals surface area contributed by atoms with Crippen LogP contribution in [0.2, 0.25) is 0 Å². The second-order valence-electron chi connectivity index (χ2n) is 6.87. The number of nitrogens with one attached hydrogen (secondary N) is 1. The van der Waals surface area contributed by atoms with Gasteiger partial charge in [-0.2, -0.15) is 0 Å². The molecule has 2 unspecified atom stereocenters. The maximum atomic E-state index is 3.78. The first-order valence-electron chi connectivity index (χ1n) is 7.67. The topological polar surface area (TPSA) is 15.3 Å². The van der Waals surface area contributed by atoms with Gasteiger partial charge in [0.2, 0.25) is 0 Å². The minimum atomic E-state index is 0.700. The number of allylic oxidation sites excluding steroid dienone is 1. The molecule has 2 fully saturated rings. The van der Waals surface area contributed by atoms with Crippen LogP contribution in [0.5, 0.6) is 0 Å². The molecule has 2 aliphatic rings. The van der Waals surface area contributed by atoms with Crippen molar-refractivity contribution in [3.63, 3.8) is 0 Å². The summed E-state index contributed by atoms with van der Waals surface area (Å²) < 4.78 is 0. The summed E-state index contributed by atoms with van der Waals surface area (Å²) >= 11 is 0. The quantitative estimate of drug-likeness (QED) is 0.755. The lowest BCUT2D eigenvalue weighted by molar-refractivity contribution is 0.120. The molecule has 0 spiro atoms. The van der Waals surface area contributed by atoms with Gasteiger partial charge in [-0.25, -0.2) is 0 Å². The zero-order chi connectivity index (χ0) is 13.1. The molecule has 2 rings (SSSR count). The molecule has 104 valence electrons. The maximum absolute atomic E-state index is 3.78. The smallest absolute Gasteiger partial charge is 0.0252 e. The highest BCUT2D eigenvalue weighted by Crippen LogP contribution is 2.36. The fourth-order valence-electron chi connectivity index (χ4n) is 3.08. The predicted molar refractivity (Wildman–Crippen MR) is 78.8 cm³/mol. The van der Waals surface area contributed by atoms with Gasteiger partial charge in [0, 0.05) is 31.7 Å². The van der Waals surface area contributed by atoms with Gasteiger partial charge in [0.05, 0.1) is 0 Å². The van der Waals surface area contributed by atoms with Crippen molar-refractivity contribution in [1.82, 2.24) is 10.2 Å². The largest absolute Gasteiger partial charge is 0.311 e. The molecular weight excluding hydrogens is 220 g/mol. The van der Waals surface area contributed by atoms with Gasteiger partial charge in [-0.05, 0) is 44.9 Å². The van der Waals surface area contributed by atoms with Gasteiger partial charge in [-0.3, -0.25) is 4.90 Å². The lowest BCUT2D eigenvalue weighted by Gasteiger charge is -2.41. The SMILES string of the molecule is CC(C)=CCN1CC(CC(C)C)NCC1C1CC1. The van der Waals surface area contributed by atoms with Gasteiger partial charge in [-0.15, -0.1) is 0 Å². The summed E-state index contributed by atoms with van der Waals surface area (Å²) in [5.74, 6) is 1.77. The van der Waals surface area contributed by atoms with Crippen molar-refractivity contribution in [2.45, 2.75) is 59.0 Å². The van der Waals surface area contributed by atoms with Crippen LogP contribution in [0, 0.1) is 11.8 Å². The Hall–Kier alpha value is -0.340. The van der Waals surface area contributed by atoms with Crippen LogP contribution < -0.4 is 5.32 Å². The van der Waals surface area contributed by atoms with Crippen molar-refractivity contribution >= 4 is 0 Å². The maximum Gasteiger partial charge on any atom is 0.0252 e. The van der Waals surface area contributed by atoms with E-state index in [1.165, 1.54) is 37.9 Å². The van der Waals surface area contributed by atoms with E-state index in [2.05, 4.69) is 44.0 Å². The molecule has 1 heterocycles. The normalized spacial score (nSPS) is 29.6. The molecule has 1 aliphatic heterocycles. The van der Waals surface area contributed by atoms with Crippen molar-refractivity contribution in [3.05, 3.63) is 11.6 Å². The van der Waals surface area contributed by atoms with Crippen LogP contribution in [0.1, 0.15) is 47.0 Å². The molecule has 2 nitrogen and oxygen atoms in total. The standard InChI is InChI=1S/C16H30N2/c1-12(2)7-8-18-11-15(9-13(3)4)17-10-16(18)14-5-6-14/h7,13-17H,5-6,8-11H2,1-4H3. The van der Waals surface area contributed by atoms with Crippen LogP contribution in [0.3, 0.4) is 0 Å². The van der Waals surface area contributed by atoms with Gasteiger partial charge in [0.1, 0.15) is 0 Å². The van der Waals surface area contributed by atoms with Crippen molar-refractivity contribution < 1.29 is 0 Å². The first-order chi connectivity index (χ1) is 8.56. The van der Waals surface area contributed by atoms with E-state index >= 15 is 0 Å². The minimum absolute atomic E-state index is 0.700. The Kier molecular flexibility index (Phi) is 4.85. The fourth-order valence-corrected chi connectivity index (χ4v) is 3.08. The third-order valence-corrected chi connectivity index (χ3v) is 4.20. The third kappa shape index (κ3) is 4.10. The molecule has 18 heavy (non-hydrogen) atoms. The number of hydrogen-bond acceptors (Lipinski definition) is 2. The molecule has 0 aromatic heterocycles. The Labute approximate surface area is 113 Å². The number of rotatable bonds is 5. The highest BCUT2D eigenvalue weighted by molar-refractivity contribution is 5.01. The van der Waals surface area contributed by atoms with Crippen molar-refractivity contribution in [2.24, 2.45) is 11.8 Å². The molecule has 1 N–H and O–H groups in total. The Balaban J connectivity index is 1.92. The summed E-state index contributed by atoms with van der Waals surface area (Å²) in [7, 11) is 0. The molecule has 0 amide bonds. The molecule has 0 aromatic carbocycles. The molecule has 0 bridgehead atoms. The highest BCUT2D eigenvalue weighted by Gasteiger charge is 2.38. The van der Waals surface area contributed by atoms with Crippen molar-refractivity contribution in [2.75, 3.05) is 19.6 Å². The van der Waals surface area contributed by atoms with Crippen LogP contribution in [-0.4, -0.2) is 36.6 Å². The summed E-state index contributed by atoms with van der Waals surface area (Å²) in [4.78, 5) is 2.73. The van der Waals surface area contributed by atoms with Crippen LogP contribution >= 0.6 is 0 Å². The Morgan fingerprint density at radius 1 is 1.33 bits per heavy atom. The summed E-state index contributed by atoms with van der Waals surface area (Å²) in [6.07, 6.45) is 6.61. The molecule has 1 saturated heterocycles. The predicted octanol–water partition coefficient (Wildman–Crippen LogP) is 3.05. The summed E-state index contributed by atoms with van der Waals surface area (Å²) in [6.45, 7) is 12.7. The zero-order valence-electron chi connectivity index (χ0n) is 12.6. The Bertz CT molecular complexity index is 287. The Morgan fingerprint density at radius 2 is 2.06 bits per heavy atom. The van der Waals surface area contributed by atoms with E-state index in [1.54, 1.807) is 0 Å². The molecule has 1 saturated carbocycles. The fraction of sp³-hybridized carbons (Fsp3) is 0.875. The average molecular weight is 250 g/mol. The van der Waals surface area contributed by atoms with E-state index in [0.717, 1.165) is 24.4 Å². The third-order valence-electron chi connectivity index (χ3n) is 4.20. The van der Waals surface area contributed by atoms with Gasteiger partial charge < -0.3 is 5.32 Å². The first kappa shape index (κ1) is 14.1. The first-order valence-corrected chi connectivity index (χ1v) is 7.67. The lowest BCUT2D eigenvalue weighted by atomic mass is 9.98. The minimum Gasteiger partial charge on any atom is -0.311 e. The van der Waals surface area contributed by atoms with E-state index in [0.29, 0.717) is 6.04 Å². The Morgan fingerprint density at radius 3 is 2.61 bits per heavy atom. The number of hydrogen-bond donors (Lipinski definition) is 1. The van der Waals surface area contributed by atoms with Crippen LogP contribution in [0.15, 0.2) is 11.6 Å². The number of nitrogens with zero attached hydrogens (tertiary/aromatic N) is 1. The van der Waals surface area contributed by atoms with Crippen LogP contribution in [-0.2, 0) is 0 Å². The number of piperazine rings is 1. The molecule has 2 atom stereocenters. The molecule has 2 heteroatoms. The summed E-state index contributed by atoms with van der Waals surface area (Å²) in [5, 5.41) is 3.78. The molecule has 0 radical (unpaired) electrons. The highest BCUT2D eigenvalue weighted by atomic mass is 15.2. The molecule has 0 aromatic rings. The van der Waals surface area contributed by atoms with E-state index in [9.17, 15) is 0 Å². The second-order valence-corrected chi connectivity index (χ2v) is 6.87. The van der Waals surface area contributed by atoms with Gasteiger partial charge in [-0.1, -0.05) is 25.5 Å². The molecule has 1 aliphatic carbocycles. The van der Waals surface area contributed by atoms with E-state index in [4.69, 9.17) is 0 Å². The monoisotopic (exact) mass is 250 g/mol. The molecular formula is C16H30N2. The summed E-state index contributed by atoms with van der Waals surface area (Å²) in [6, 6.07) is 1.49. The van der Waals surface area contributed by atoms with Gasteiger partial charge in [0.25, 0.3) is 0 Å². The van der Waals surface area contributed by atoms with Gasteiger partial charge in [0.15, 0.2) is 0 Å². The van der Waals surface area contributed by atoms with E-state index in [-0.39, 0.29) is 0 Å².